The molecule has 5 fully saturated rings. The number of fused-ring (bicyclic) bond motifs is 3. The Morgan fingerprint density at radius 1 is 0.776 bits per heavy atom. The second-order valence-electron chi connectivity index (χ2n) is 16.5. The van der Waals surface area contributed by atoms with Crippen molar-refractivity contribution in [1.82, 2.24) is 20.0 Å². The van der Waals surface area contributed by atoms with Gasteiger partial charge in [0, 0.05) is 100 Å². The molecule has 5 amide bonds. The van der Waals surface area contributed by atoms with Crippen LogP contribution < -0.4 is 19.9 Å². The first-order chi connectivity index (χ1) is 28.1. The van der Waals surface area contributed by atoms with Gasteiger partial charge >= 0.3 is 0 Å². The number of hydrogen-bond acceptors (Lipinski definition) is 10. The maximum atomic E-state index is 13.8. The maximum absolute atomic E-state index is 13.8. The Morgan fingerprint density at radius 2 is 1.45 bits per heavy atom. The lowest BCUT2D eigenvalue weighted by atomic mass is 9.95. The Bertz CT molecular complexity index is 2180. The highest BCUT2D eigenvalue weighted by molar-refractivity contribution is 6.31. The molecular weight excluding hydrogens is 758 g/mol. The minimum absolute atomic E-state index is 0.000913. The summed E-state index contributed by atoms with van der Waals surface area (Å²) in [5, 5.41) is 11.8. The average molecular weight is 804 g/mol. The molecule has 0 aromatic heterocycles. The third-order valence-corrected chi connectivity index (χ3v) is 13.4. The molecule has 3 atom stereocenters. The summed E-state index contributed by atoms with van der Waals surface area (Å²) in [6.07, 6.45) is 5.93. The number of nitriles is 1. The fraction of sp³-hybridized carbons (Fsp3) is 0.455. The number of ether oxygens (including phenoxy) is 1. The average Bonchev–Trinajstić information content (AvgIpc) is 3.65. The zero-order valence-corrected chi connectivity index (χ0v) is 33.0. The number of amides is 5. The molecule has 58 heavy (non-hydrogen) atoms. The smallest absolute Gasteiger partial charge is 0.262 e. The number of carbonyl (C=O) groups excluding carboxylic acids is 5. The summed E-state index contributed by atoms with van der Waals surface area (Å²) in [5.74, 6) is -0.617. The van der Waals surface area contributed by atoms with Crippen LogP contribution in [0.4, 0.5) is 11.4 Å². The van der Waals surface area contributed by atoms with E-state index >= 15 is 0 Å². The number of halogens is 1. The minimum Gasteiger partial charge on any atom is -0.490 e. The third-order valence-electron chi connectivity index (χ3n) is 13.1. The quantitative estimate of drug-likeness (QED) is 0.313. The fourth-order valence-corrected chi connectivity index (χ4v) is 10.2. The van der Waals surface area contributed by atoms with E-state index in [9.17, 15) is 29.2 Å². The molecule has 9 rings (SSSR count). The molecule has 3 unspecified atom stereocenters. The number of piperazine rings is 1. The maximum Gasteiger partial charge on any atom is 0.262 e. The zero-order chi connectivity index (χ0) is 40.1. The topological polar surface area (TPSA) is 147 Å². The Morgan fingerprint density at radius 3 is 2.12 bits per heavy atom. The lowest BCUT2D eigenvalue weighted by Gasteiger charge is -2.40. The normalized spacial score (nSPS) is 25.2. The van der Waals surface area contributed by atoms with Crippen molar-refractivity contribution >= 4 is 52.5 Å². The van der Waals surface area contributed by atoms with Gasteiger partial charge in [0.2, 0.25) is 11.8 Å². The zero-order valence-electron chi connectivity index (χ0n) is 32.3. The van der Waals surface area contributed by atoms with Gasteiger partial charge in [-0.15, -0.1) is 0 Å². The van der Waals surface area contributed by atoms with Crippen molar-refractivity contribution < 1.29 is 28.7 Å². The predicted octanol–water partition coefficient (Wildman–Crippen LogP) is 4.87. The van der Waals surface area contributed by atoms with Crippen LogP contribution in [0.1, 0.15) is 88.0 Å². The van der Waals surface area contributed by atoms with Crippen LogP contribution >= 0.6 is 11.6 Å². The highest BCUT2D eigenvalue weighted by Gasteiger charge is 2.46. The lowest BCUT2D eigenvalue weighted by molar-refractivity contribution is -0.136. The molecule has 0 aliphatic carbocycles. The highest BCUT2D eigenvalue weighted by Crippen LogP contribution is 2.39. The molecule has 0 saturated carbocycles. The molecule has 14 heteroatoms. The van der Waals surface area contributed by atoms with Crippen LogP contribution in [0.3, 0.4) is 0 Å². The van der Waals surface area contributed by atoms with Crippen molar-refractivity contribution in [2.24, 2.45) is 5.92 Å². The van der Waals surface area contributed by atoms with Gasteiger partial charge in [0.05, 0.1) is 21.7 Å². The first-order valence-corrected chi connectivity index (χ1v) is 20.9. The van der Waals surface area contributed by atoms with Crippen molar-refractivity contribution in [3.63, 3.8) is 0 Å². The molecule has 6 heterocycles. The molecule has 6 aliphatic heterocycles. The lowest BCUT2D eigenvalue weighted by Crippen LogP contribution is -2.54. The summed E-state index contributed by atoms with van der Waals surface area (Å²) in [5.41, 5.74) is 3.79. The van der Waals surface area contributed by atoms with Gasteiger partial charge in [-0.1, -0.05) is 11.6 Å². The van der Waals surface area contributed by atoms with Crippen LogP contribution in [0.2, 0.25) is 5.02 Å². The standard InChI is InChI=1S/C44H46ClN7O6/c45-38-24-34(9-3-29(38)25-46)58-35-21-32-6-7-33(22-35)51(32)42(55)28-1-4-30(5-2-28)49-15-13-27(14-16-49)26-48-17-19-50(20-18-48)31-8-10-36-37(23-31)44(57)52(43(36)56)39-11-12-40(53)47-41(39)54/h1-5,8-10,23-24,27,32-33,35,39H,6-7,11-22,26H2,(H,47,53,54). The van der Waals surface area contributed by atoms with E-state index < -0.39 is 29.7 Å². The minimum atomic E-state index is -0.971. The van der Waals surface area contributed by atoms with Gasteiger partial charge in [-0.2, -0.15) is 5.26 Å². The van der Waals surface area contributed by atoms with Crippen LogP contribution in [0, 0.1) is 17.2 Å². The molecule has 0 radical (unpaired) electrons. The summed E-state index contributed by atoms with van der Waals surface area (Å²) in [6.45, 7) is 6.40. The van der Waals surface area contributed by atoms with Crippen molar-refractivity contribution in [1.29, 1.82) is 5.26 Å². The van der Waals surface area contributed by atoms with Crippen LogP contribution in [-0.4, -0.2) is 114 Å². The summed E-state index contributed by atoms with van der Waals surface area (Å²) in [7, 11) is 0. The monoisotopic (exact) mass is 803 g/mol. The van der Waals surface area contributed by atoms with E-state index in [4.69, 9.17) is 16.3 Å². The van der Waals surface area contributed by atoms with E-state index in [-0.39, 0.29) is 36.9 Å². The molecule has 3 aromatic rings. The fourth-order valence-electron chi connectivity index (χ4n) is 9.95. The van der Waals surface area contributed by atoms with Crippen LogP contribution in [0.15, 0.2) is 60.7 Å². The van der Waals surface area contributed by atoms with Crippen LogP contribution in [0.5, 0.6) is 5.75 Å². The van der Waals surface area contributed by atoms with E-state index in [1.165, 1.54) is 0 Å². The van der Waals surface area contributed by atoms with E-state index in [0.29, 0.717) is 33.4 Å². The van der Waals surface area contributed by atoms with Crippen molar-refractivity contribution in [3.05, 3.63) is 87.9 Å². The molecule has 13 nitrogen and oxygen atoms in total. The molecule has 0 spiro atoms. The number of benzene rings is 3. The first kappa shape index (κ1) is 38.1. The molecule has 2 bridgehead atoms. The summed E-state index contributed by atoms with van der Waals surface area (Å²) >= 11 is 6.22. The molecule has 6 aliphatic rings. The van der Waals surface area contributed by atoms with E-state index in [0.717, 1.165) is 106 Å². The second kappa shape index (κ2) is 15.7. The van der Waals surface area contributed by atoms with Crippen molar-refractivity contribution in [3.8, 4) is 11.8 Å². The Kier molecular flexibility index (Phi) is 10.3. The van der Waals surface area contributed by atoms with Gasteiger partial charge in [0.1, 0.15) is 24.0 Å². The van der Waals surface area contributed by atoms with Gasteiger partial charge in [-0.3, -0.25) is 39.1 Å². The van der Waals surface area contributed by atoms with Crippen LogP contribution in [-0.2, 0) is 9.59 Å². The number of nitrogens with one attached hydrogen (secondary N) is 1. The number of rotatable bonds is 8. The molecule has 5 saturated heterocycles. The number of piperidine rings is 3. The number of nitrogens with zero attached hydrogens (tertiary/aromatic N) is 6. The van der Waals surface area contributed by atoms with E-state index in [1.54, 1.807) is 30.3 Å². The number of hydrogen-bond donors (Lipinski definition) is 1. The van der Waals surface area contributed by atoms with E-state index in [1.807, 2.05) is 18.2 Å². The Balaban J connectivity index is 0.730. The SMILES string of the molecule is N#Cc1ccc(OC2CC3CCC(C2)N3C(=O)c2ccc(N3CCC(CN4CCN(c5ccc6c(c5)C(=O)N(C5CCC(=O)NC5=O)C6=O)CC4)CC3)cc2)cc1Cl. The number of imide groups is 2. The second-order valence-corrected chi connectivity index (χ2v) is 16.9. The largest absolute Gasteiger partial charge is 0.490 e. The van der Waals surface area contributed by atoms with Crippen molar-refractivity contribution in [2.75, 3.05) is 55.6 Å². The Labute approximate surface area is 342 Å². The molecule has 1 N–H and O–H groups in total. The molecule has 300 valence electrons. The Hall–Kier alpha value is -5.45. The highest BCUT2D eigenvalue weighted by atomic mass is 35.5. The van der Waals surface area contributed by atoms with Gasteiger partial charge in [-0.05, 0) is 92.6 Å². The molecular formula is C44H46ClN7O6. The summed E-state index contributed by atoms with van der Waals surface area (Å²) in [6, 6.07) is 20.0. The summed E-state index contributed by atoms with van der Waals surface area (Å²) in [4.78, 5) is 74.6. The van der Waals surface area contributed by atoms with Gasteiger partial charge in [-0.25, -0.2) is 0 Å². The van der Waals surface area contributed by atoms with Gasteiger partial charge in [0.15, 0.2) is 0 Å². The summed E-state index contributed by atoms with van der Waals surface area (Å²) < 4.78 is 6.27. The van der Waals surface area contributed by atoms with Crippen molar-refractivity contribution in [2.45, 2.75) is 75.6 Å². The third kappa shape index (κ3) is 7.28. The first-order valence-electron chi connectivity index (χ1n) is 20.5. The number of carbonyl (C=O) groups is 5. The van der Waals surface area contributed by atoms with Crippen LogP contribution in [0.25, 0.3) is 0 Å². The van der Waals surface area contributed by atoms with E-state index in [2.05, 4.69) is 43.1 Å². The number of anilines is 2. The van der Waals surface area contributed by atoms with Gasteiger partial charge < -0.3 is 19.4 Å². The predicted molar refractivity (Wildman–Crippen MR) is 216 cm³/mol. The van der Waals surface area contributed by atoms with Gasteiger partial charge in [0.25, 0.3) is 17.7 Å². The molecule has 3 aromatic carbocycles.